The number of nitrogens with two attached hydrogens (primary N) is 2. The molecule has 4 N–H and O–H groups in total. The molecule has 0 spiro atoms. The second-order valence-corrected chi connectivity index (χ2v) is 6.62. The van der Waals surface area contributed by atoms with E-state index in [2.05, 4.69) is 0 Å². The van der Waals surface area contributed by atoms with Crippen molar-refractivity contribution in [3.8, 4) is 0 Å². The van der Waals surface area contributed by atoms with Crippen molar-refractivity contribution in [2.24, 2.45) is 11.5 Å². The molecule has 1 amide bonds. The summed E-state index contributed by atoms with van der Waals surface area (Å²) in [5.41, 5.74) is 10.6. The zero-order valence-electron chi connectivity index (χ0n) is 10.1. The van der Waals surface area contributed by atoms with E-state index in [1.165, 1.54) is 0 Å². The Morgan fingerprint density at radius 1 is 1.50 bits per heavy atom. The van der Waals surface area contributed by atoms with E-state index in [0.29, 0.717) is 18.1 Å². The molecule has 0 aliphatic heterocycles. The Morgan fingerprint density at radius 3 is 2.94 bits per heavy atom. The predicted octanol–water partition coefficient (Wildman–Crippen LogP) is 2.56. The Hall–Kier alpha value is -0.710. The molecular weight excluding hydrogens is 268 g/mol. The Balaban J connectivity index is 2.04. The molecule has 18 heavy (non-hydrogen) atoms. The zero-order valence-corrected chi connectivity index (χ0v) is 11.6. The summed E-state index contributed by atoms with van der Waals surface area (Å²) in [6, 6.07) is 7.73. The van der Waals surface area contributed by atoms with Gasteiger partial charge < -0.3 is 11.5 Å². The van der Waals surface area contributed by atoms with Crippen LogP contribution in [0.15, 0.2) is 29.2 Å². The van der Waals surface area contributed by atoms with Crippen molar-refractivity contribution in [2.75, 3.05) is 0 Å². The molecule has 5 heteroatoms. The van der Waals surface area contributed by atoms with Gasteiger partial charge in [0.25, 0.3) is 0 Å². The number of carbonyl (C=O) groups excluding carboxylic acids is 1. The number of benzene rings is 1. The van der Waals surface area contributed by atoms with Crippen LogP contribution in [0.3, 0.4) is 0 Å². The molecule has 3 nitrogen and oxygen atoms in total. The number of amides is 1. The van der Waals surface area contributed by atoms with E-state index in [9.17, 15) is 4.79 Å². The average molecular weight is 285 g/mol. The first kappa shape index (κ1) is 13.7. The standard InChI is InChI=1S/C13H17ClN2OS/c14-9-3-1-4-10(7-9)18-11-5-2-6-13(16,8-11)12(15)17/h1,3-4,7,11H,2,5-6,8,16H2,(H2,15,17). The van der Waals surface area contributed by atoms with Gasteiger partial charge in [0, 0.05) is 15.2 Å². The summed E-state index contributed by atoms with van der Waals surface area (Å²) in [6.07, 6.45) is 3.33. The number of hydrogen-bond donors (Lipinski definition) is 2. The minimum absolute atomic E-state index is 0.328. The lowest BCUT2D eigenvalue weighted by atomic mass is 9.82. The fourth-order valence-corrected chi connectivity index (χ4v) is 3.97. The molecule has 0 heterocycles. The summed E-state index contributed by atoms with van der Waals surface area (Å²) < 4.78 is 0. The molecular formula is C13H17ClN2OS. The minimum atomic E-state index is -0.839. The zero-order chi connectivity index (χ0) is 13.2. The Morgan fingerprint density at radius 2 is 2.28 bits per heavy atom. The summed E-state index contributed by atoms with van der Waals surface area (Å²) in [7, 11) is 0. The second-order valence-electron chi connectivity index (χ2n) is 4.81. The van der Waals surface area contributed by atoms with Gasteiger partial charge in [0.05, 0.1) is 5.54 Å². The number of hydrogen-bond acceptors (Lipinski definition) is 3. The van der Waals surface area contributed by atoms with Crippen LogP contribution in [0.25, 0.3) is 0 Å². The number of halogens is 1. The van der Waals surface area contributed by atoms with Gasteiger partial charge in [-0.25, -0.2) is 0 Å². The fourth-order valence-electron chi connectivity index (χ4n) is 2.31. The van der Waals surface area contributed by atoms with Crippen LogP contribution in [-0.2, 0) is 4.79 Å². The molecule has 2 rings (SSSR count). The quantitative estimate of drug-likeness (QED) is 0.896. The van der Waals surface area contributed by atoms with Crippen LogP contribution in [0, 0.1) is 0 Å². The van der Waals surface area contributed by atoms with Crippen molar-refractivity contribution in [3.63, 3.8) is 0 Å². The number of thioether (sulfide) groups is 1. The van der Waals surface area contributed by atoms with Crippen molar-refractivity contribution in [3.05, 3.63) is 29.3 Å². The Labute approximate surface area is 116 Å². The maximum absolute atomic E-state index is 11.4. The molecule has 1 aromatic carbocycles. The van der Waals surface area contributed by atoms with Crippen LogP contribution in [0.4, 0.5) is 0 Å². The van der Waals surface area contributed by atoms with Crippen molar-refractivity contribution in [1.29, 1.82) is 0 Å². The van der Waals surface area contributed by atoms with Gasteiger partial charge >= 0.3 is 0 Å². The van der Waals surface area contributed by atoms with Gasteiger partial charge in [-0.3, -0.25) is 4.79 Å². The first-order chi connectivity index (χ1) is 8.49. The highest BCUT2D eigenvalue weighted by Crippen LogP contribution is 2.37. The van der Waals surface area contributed by atoms with Gasteiger partial charge in [0.15, 0.2) is 0 Å². The van der Waals surface area contributed by atoms with Gasteiger partial charge in [0.2, 0.25) is 5.91 Å². The SMILES string of the molecule is NC(=O)C1(N)CCCC(Sc2cccc(Cl)c2)C1. The topological polar surface area (TPSA) is 69.1 Å². The average Bonchev–Trinajstić information content (AvgIpc) is 2.29. The Bertz CT molecular complexity index is 454. The highest BCUT2D eigenvalue weighted by atomic mass is 35.5. The maximum Gasteiger partial charge on any atom is 0.237 e. The molecule has 98 valence electrons. The van der Waals surface area contributed by atoms with E-state index in [1.807, 2.05) is 24.3 Å². The van der Waals surface area contributed by atoms with Crippen LogP contribution in [-0.4, -0.2) is 16.7 Å². The molecule has 0 bridgehead atoms. The molecule has 0 radical (unpaired) electrons. The maximum atomic E-state index is 11.4. The lowest BCUT2D eigenvalue weighted by molar-refractivity contribution is -0.124. The van der Waals surface area contributed by atoms with Crippen LogP contribution < -0.4 is 11.5 Å². The van der Waals surface area contributed by atoms with Crippen molar-refractivity contribution in [1.82, 2.24) is 0 Å². The molecule has 0 saturated heterocycles. The van der Waals surface area contributed by atoms with E-state index in [0.717, 1.165) is 22.8 Å². The van der Waals surface area contributed by atoms with Crippen LogP contribution >= 0.6 is 23.4 Å². The van der Waals surface area contributed by atoms with Crippen LogP contribution in [0.5, 0.6) is 0 Å². The summed E-state index contributed by atoms with van der Waals surface area (Å²) in [5.74, 6) is -0.390. The highest BCUT2D eigenvalue weighted by Gasteiger charge is 2.38. The fraction of sp³-hybridized carbons (Fsp3) is 0.462. The molecule has 2 atom stereocenters. The number of rotatable bonds is 3. The first-order valence-corrected chi connectivity index (χ1v) is 7.26. The third-order valence-electron chi connectivity index (χ3n) is 3.33. The molecule has 2 unspecified atom stereocenters. The highest BCUT2D eigenvalue weighted by molar-refractivity contribution is 8.00. The normalized spacial score (nSPS) is 28.0. The molecule has 0 aromatic heterocycles. The third-order valence-corrected chi connectivity index (χ3v) is 4.83. The van der Waals surface area contributed by atoms with E-state index in [4.69, 9.17) is 23.1 Å². The number of primary amides is 1. The van der Waals surface area contributed by atoms with Crippen LogP contribution in [0.1, 0.15) is 25.7 Å². The Kier molecular flexibility index (Phi) is 4.20. The largest absolute Gasteiger partial charge is 0.368 e. The second kappa shape index (κ2) is 5.51. The van der Waals surface area contributed by atoms with E-state index >= 15 is 0 Å². The van der Waals surface area contributed by atoms with Crippen LogP contribution in [0.2, 0.25) is 5.02 Å². The van der Waals surface area contributed by atoms with Gasteiger partial charge in [-0.15, -0.1) is 11.8 Å². The minimum Gasteiger partial charge on any atom is -0.368 e. The monoisotopic (exact) mass is 284 g/mol. The number of carbonyl (C=O) groups is 1. The van der Waals surface area contributed by atoms with E-state index in [-0.39, 0.29) is 5.91 Å². The third kappa shape index (κ3) is 3.19. The summed E-state index contributed by atoms with van der Waals surface area (Å²) in [4.78, 5) is 12.5. The van der Waals surface area contributed by atoms with E-state index in [1.54, 1.807) is 11.8 Å². The molecule has 1 aliphatic rings. The lowest BCUT2D eigenvalue weighted by Gasteiger charge is -2.35. The van der Waals surface area contributed by atoms with Crippen molar-refractivity contribution < 1.29 is 4.79 Å². The van der Waals surface area contributed by atoms with Crippen molar-refractivity contribution >= 4 is 29.3 Å². The van der Waals surface area contributed by atoms with E-state index < -0.39 is 5.54 Å². The molecule has 1 fully saturated rings. The van der Waals surface area contributed by atoms with Crippen molar-refractivity contribution in [2.45, 2.75) is 41.4 Å². The van der Waals surface area contributed by atoms with Gasteiger partial charge in [-0.05, 0) is 43.9 Å². The smallest absolute Gasteiger partial charge is 0.237 e. The van der Waals surface area contributed by atoms with Gasteiger partial charge in [-0.1, -0.05) is 17.7 Å². The molecule has 1 aromatic rings. The molecule has 1 aliphatic carbocycles. The first-order valence-electron chi connectivity index (χ1n) is 6.01. The lowest BCUT2D eigenvalue weighted by Crippen LogP contribution is -2.55. The molecule has 1 saturated carbocycles. The van der Waals surface area contributed by atoms with Gasteiger partial charge in [0.1, 0.15) is 0 Å². The summed E-state index contributed by atoms with van der Waals surface area (Å²) >= 11 is 7.68. The summed E-state index contributed by atoms with van der Waals surface area (Å²) in [5, 5.41) is 1.06. The van der Waals surface area contributed by atoms with Gasteiger partial charge in [-0.2, -0.15) is 0 Å². The predicted molar refractivity (Wildman–Crippen MR) is 75.7 cm³/mol. The summed E-state index contributed by atoms with van der Waals surface area (Å²) in [6.45, 7) is 0.